The Bertz CT molecular complexity index is 969. The molecule has 0 unspecified atom stereocenters. The van der Waals surface area contributed by atoms with Gasteiger partial charge in [-0.2, -0.15) is 0 Å². The maximum atomic E-state index is 12.3. The second-order valence-corrected chi connectivity index (χ2v) is 7.07. The van der Waals surface area contributed by atoms with E-state index in [1.807, 2.05) is 6.92 Å². The number of fused-ring (bicyclic) bond motifs is 1. The lowest BCUT2D eigenvalue weighted by molar-refractivity contribution is -0.153. The molecule has 7 nitrogen and oxygen atoms in total. The van der Waals surface area contributed by atoms with E-state index in [-0.39, 0.29) is 13.0 Å². The normalized spacial score (nSPS) is 13.8. The van der Waals surface area contributed by atoms with Crippen LogP contribution in [0.4, 0.5) is 5.69 Å². The zero-order chi connectivity index (χ0) is 21.1. The van der Waals surface area contributed by atoms with Crippen LogP contribution in [0, 0.1) is 6.92 Å². The van der Waals surface area contributed by atoms with Gasteiger partial charge in [0.25, 0.3) is 17.7 Å². The van der Waals surface area contributed by atoms with E-state index >= 15 is 0 Å². The molecule has 0 spiro atoms. The predicted molar refractivity (Wildman–Crippen MR) is 107 cm³/mol. The van der Waals surface area contributed by atoms with Gasteiger partial charge >= 0.3 is 5.97 Å². The molecule has 2 aromatic carbocycles. The third-order valence-corrected chi connectivity index (χ3v) is 4.79. The summed E-state index contributed by atoms with van der Waals surface area (Å²) in [5.41, 5.74) is 1.97. The summed E-state index contributed by atoms with van der Waals surface area (Å²) < 4.78 is 5.13. The largest absolute Gasteiger partial charge is 0.452 e. The van der Waals surface area contributed by atoms with Crippen LogP contribution >= 0.6 is 11.6 Å². The fourth-order valence-corrected chi connectivity index (χ4v) is 3.09. The van der Waals surface area contributed by atoms with Crippen molar-refractivity contribution in [3.05, 3.63) is 64.2 Å². The minimum atomic E-state index is -1.05. The third-order valence-electron chi connectivity index (χ3n) is 4.55. The molecule has 1 N–H and O–H groups in total. The van der Waals surface area contributed by atoms with Crippen molar-refractivity contribution >= 4 is 41.0 Å². The van der Waals surface area contributed by atoms with Gasteiger partial charge in [0.1, 0.15) is 0 Å². The summed E-state index contributed by atoms with van der Waals surface area (Å²) in [4.78, 5) is 50.0. The first-order valence-corrected chi connectivity index (χ1v) is 9.37. The fourth-order valence-electron chi connectivity index (χ4n) is 2.92. The average molecular weight is 415 g/mol. The number of esters is 1. The number of nitrogens with zero attached hydrogens (tertiary/aromatic N) is 1. The Balaban J connectivity index is 1.53. The van der Waals surface area contributed by atoms with Crippen molar-refractivity contribution in [2.45, 2.75) is 26.4 Å². The number of carbonyl (C=O) groups is 4. The maximum Gasteiger partial charge on any atom is 0.308 e. The zero-order valence-electron chi connectivity index (χ0n) is 15.9. The number of anilines is 1. The van der Waals surface area contributed by atoms with Gasteiger partial charge in [-0.3, -0.25) is 24.1 Å². The minimum Gasteiger partial charge on any atom is -0.452 e. The zero-order valence-corrected chi connectivity index (χ0v) is 16.7. The quantitative estimate of drug-likeness (QED) is 0.578. The molecule has 0 aromatic heterocycles. The van der Waals surface area contributed by atoms with Crippen LogP contribution in [0.1, 0.15) is 39.6 Å². The van der Waals surface area contributed by atoms with Gasteiger partial charge < -0.3 is 10.1 Å². The Morgan fingerprint density at radius 2 is 1.72 bits per heavy atom. The molecule has 3 amide bonds. The summed E-state index contributed by atoms with van der Waals surface area (Å²) in [6.45, 7) is 3.13. The molecule has 150 valence electrons. The number of benzene rings is 2. The number of ether oxygens (including phenoxy) is 1. The van der Waals surface area contributed by atoms with E-state index in [1.165, 1.54) is 6.92 Å². The van der Waals surface area contributed by atoms with Crippen LogP contribution in [0.5, 0.6) is 0 Å². The molecule has 1 atom stereocenters. The molecule has 0 fully saturated rings. The number of hydrogen-bond donors (Lipinski definition) is 1. The summed E-state index contributed by atoms with van der Waals surface area (Å²) in [7, 11) is 0. The molecule has 0 aliphatic carbocycles. The minimum absolute atomic E-state index is 0.118. The van der Waals surface area contributed by atoms with E-state index in [4.69, 9.17) is 16.3 Å². The predicted octanol–water partition coefficient (Wildman–Crippen LogP) is 3.20. The summed E-state index contributed by atoms with van der Waals surface area (Å²) in [5, 5.41) is 3.13. The average Bonchev–Trinajstić information content (AvgIpc) is 2.93. The van der Waals surface area contributed by atoms with Crippen LogP contribution in [-0.2, 0) is 14.3 Å². The van der Waals surface area contributed by atoms with Gasteiger partial charge in [0.2, 0.25) is 0 Å². The number of aryl methyl sites for hydroxylation is 1. The SMILES string of the molecule is Cc1ccc(Cl)cc1NC(=O)[C@@H](C)OC(=O)CCN1C(=O)c2ccccc2C1=O. The van der Waals surface area contributed by atoms with Crippen molar-refractivity contribution in [1.29, 1.82) is 0 Å². The van der Waals surface area contributed by atoms with Crippen LogP contribution in [-0.4, -0.2) is 41.2 Å². The van der Waals surface area contributed by atoms with Crippen LogP contribution in [0.25, 0.3) is 0 Å². The smallest absolute Gasteiger partial charge is 0.308 e. The Morgan fingerprint density at radius 3 is 2.34 bits per heavy atom. The summed E-state index contributed by atoms with van der Waals surface area (Å²) in [6, 6.07) is 11.5. The first-order chi connectivity index (χ1) is 13.8. The van der Waals surface area contributed by atoms with Gasteiger partial charge in [0.05, 0.1) is 17.5 Å². The standard InChI is InChI=1S/C21H19ClN2O5/c1-12-7-8-14(22)11-17(12)23-19(26)13(2)29-18(25)9-10-24-20(27)15-5-3-4-6-16(15)21(24)28/h3-8,11,13H,9-10H2,1-2H3,(H,23,26)/t13-/m1/s1. The van der Waals surface area contributed by atoms with Gasteiger partial charge in [-0.05, 0) is 43.7 Å². The molecular formula is C21H19ClN2O5. The number of carbonyl (C=O) groups excluding carboxylic acids is 4. The molecule has 0 saturated heterocycles. The fraction of sp³-hybridized carbons (Fsp3) is 0.238. The number of nitrogens with one attached hydrogen (secondary N) is 1. The van der Waals surface area contributed by atoms with Crippen molar-refractivity contribution in [3.8, 4) is 0 Å². The molecule has 3 rings (SSSR count). The Morgan fingerprint density at radius 1 is 1.10 bits per heavy atom. The number of imide groups is 1. The molecule has 8 heteroatoms. The summed E-state index contributed by atoms with van der Waals surface area (Å²) >= 11 is 5.93. The lowest BCUT2D eigenvalue weighted by Crippen LogP contribution is -2.34. The lowest BCUT2D eigenvalue weighted by Gasteiger charge is -2.16. The Labute approximate surface area is 172 Å². The highest BCUT2D eigenvalue weighted by atomic mass is 35.5. The second-order valence-electron chi connectivity index (χ2n) is 6.64. The number of hydrogen-bond acceptors (Lipinski definition) is 5. The highest BCUT2D eigenvalue weighted by Gasteiger charge is 2.35. The molecule has 0 saturated carbocycles. The van der Waals surface area contributed by atoms with Crippen LogP contribution in [0.15, 0.2) is 42.5 Å². The molecular weight excluding hydrogens is 396 g/mol. The maximum absolute atomic E-state index is 12.3. The van der Waals surface area contributed by atoms with Gasteiger partial charge in [-0.25, -0.2) is 0 Å². The lowest BCUT2D eigenvalue weighted by atomic mass is 10.1. The van der Waals surface area contributed by atoms with Gasteiger partial charge in [-0.1, -0.05) is 29.8 Å². The molecule has 0 radical (unpaired) electrons. The molecule has 29 heavy (non-hydrogen) atoms. The van der Waals surface area contributed by atoms with E-state index in [0.717, 1.165) is 10.5 Å². The Kier molecular flexibility index (Phi) is 5.98. The van der Waals surface area contributed by atoms with Crippen LogP contribution in [0.2, 0.25) is 5.02 Å². The molecule has 1 aliphatic heterocycles. The third kappa shape index (κ3) is 4.46. The number of amides is 3. The van der Waals surface area contributed by atoms with Crippen molar-refractivity contribution < 1.29 is 23.9 Å². The summed E-state index contributed by atoms with van der Waals surface area (Å²) in [5.74, 6) is -2.09. The van der Waals surface area contributed by atoms with Crippen molar-refractivity contribution in [1.82, 2.24) is 4.90 Å². The second kappa shape index (κ2) is 8.45. The van der Waals surface area contributed by atoms with E-state index in [0.29, 0.717) is 21.8 Å². The topological polar surface area (TPSA) is 92.8 Å². The molecule has 1 heterocycles. The first kappa shape index (κ1) is 20.5. The van der Waals surface area contributed by atoms with Gasteiger partial charge in [0.15, 0.2) is 6.10 Å². The van der Waals surface area contributed by atoms with Crippen LogP contribution in [0.3, 0.4) is 0 Å². The monoisotopic (exact) mass is 414 g/mol. The number of rotatable bonds is 6. The summed E-state index contributed by atoms with van der Waals surface area (Å²) in [6.07, 6.45) is -1.26. The highest BCUT2D eigenvalue weighted by Crippen LogP contribution is 2.23. The first-order valence-electron chi connectivity index (χ1n) is 8.99. The van der Waals surface area contributed by atoms with E-state index in [9.17, 15) is 19.2 Å². The van der Waals surface area contributed by atoms with Crippen LogP contribution < -0.4 is 5.32 Å². The van der Waals surface area contributed by atoms with E-state index in [2.05, 4.69) is 5.32 Å². The van der Waals surface area contributed by atoms with E-state index in [1.54, 1.807) is 42.5 Å². The molecule has 0 bridgehead atoms. The number of halogens is 1. The highest BCUT2D eigenvalue weighted by molar-refractivity contribution is 6.31. The van der Waals surface area contributed by atoms with Crippen molar-refractivity contribution in [2.24, 2.45) is 0 Å². The van der Waals surface area contributed by atoms with Crippen molar-refractivity contribution in [3.63, 3.8) is 0 Å². The molecule has 2 aromatic rings. The van der Waals surface area contributed by atoms with Crippen molar-refractivity contribution in [2.75, 3.05) is 11.9 Å². The Hall–Kier alpha value is -3.19. The van der Waals surface area contributed by atoms with Gasteiger partial charge in [-0.15, -0.1) is 0 Å². The molecule has 1 aliphatic rings. The van der Waals surface area contributed by atoms with E-state index < -0.39 is 29.8 Å². The van der Waals surface area contributed by atoms with Gasteiger partial charge in [0, 0.05) is 17.3 Å².